The maximum atomic E-state index is 10.8. The Labute approximate surface area is 116 Å². The lowest BCUT2D eigenvalue weighted by Gasteiger charge is -2.22. The Bertz CT molecular complexity index is 448. The van der Waals surface area contributed by atoms with Crippen LogP contribution in [0.5, 0.6) is 5.75 Å². The van der Waals surface area contributed by atoms with E-state index in [1.807, 2.05) is 11.8 Å². The van der Waals surface area contributed by atoms with Crippen molar-refractivity contribution >= 4 is 23.1 Å². The maximum absolute atomic E-state index is 10.8. The number of anilines is 1. The second-order valence-electron chi connectivity index (χ2n) is 4.61. The molecule has 1 N–H and O–H groups in total. The number of hydrogen-bond donors (Lipinski definition) is 1. The lowest BCUT2D eigenvalue weighted by atomic mass is 10.0. The number of nitro groups is 1. The molecule has 1 aliphatic rings. The average molecular weight is 282 g/mol. The largest absolute Gasteiger partial charge is 0.496 e. The van der Waals surface area contributed by atoms with Gasteiger partial charge in [0.05, 0.1) is 18.1 Å². The molecule has 0 bridgehead atoms. The lowest BCUT2D eigenvalue weighted by Crippen LogP contribution is -2.19. The van der Waals surface area contributed by atoms with Crippen molar-refractivity contribution in [2.24, 2.45) is 5.92 Å². The molecule has 0 amide bonds. The van der Waals surface area contributed by atoms with E-state index in [2.05, 4.69) is 5.32 Å². The smallest absolute Gasteiger partial charge is 0.275 e. The SMILES string of the molecule is COc1cc(NCC2CCSCC2)cc([N+](=O)[O-])c1. The van der Waals surface area contributed by atoms with E-state index in [1.54, 1.807) is 12.1 Å². The molecule has 1 aliphatic heterocycles. The molecule has 0 aromatic heterocycles. The van der Waals surface area contributed by atoms with Crippen LogP contribution in [0.1, 0.15) is 12.8 Å². The fourth-order valence-electron chi connectivity index (χ4n) is 2.12. The Morgan fingerprint density at radius 2 is 2.16 bits per heavy atom. The summed E-state index contributed by atoms with van der Waals surface area (Å²) in [6.07, 6.45) is 2.42. The second kappa shape index (κ2) is 6.65. The van der Waals surface area contributed by atoms with Crippen LogP contribution in [-0.2, 0) is 0 Å². The molecule has 5 nitrogen and oxygen atoms in total. The Morgan fingerprint density at radius 1 is 1.42 bits per heavy atom. The molecule has 0 radical (unpaired) electrons. The Kier molecular flexibility index (Phi) is 4.90. The third-order valence-electron chi connectivity index (χ3n) is 3.27. The van der Waals surface area contributed by atoms with Crippen molar-refractivity contribution in [1.29, 1.82) is 0 Å². The molecule has 1 aromatic carbocycles. The van der Waals surface area contributed by atoms with E-state index < -0.39 is 4.92 Å². The van der Waals surface area contributed by atoms with Gasteiger partial charge in [-0.3, -0.25) is 10.1 Å². The van der Waals surface area contributed by atoms with Gasteiger partial charge in [0.25, 0.3) is 5.69 Å². The summed E-state index contributed by atoms with van der Waals surface area (Å²) in [5.74, 6) is 3.59. The highest BCUT2D eigenvalue weighted by molar-refractivity contribution is 7.99. The van der Waals surface area contributed by atoms with Gasteiger partial charge in [0.2, 0.25) is 0 Å². The number of hydrogen-bond acceptors (Lipinski definition) is 5. The lowest BCUT2D eigenvalue weighted by molar-refractivity contribution is -0.384. The topological polar surface area (TPSA) is 64.4 Å². The van der Waals surface area contributed by atoms with Crippen molar-refractivity contribution in [3.63, 3.8) is 0 Å². The second-order valence-corrected chi connectivity index (χ2v) is 5.84. The van der Waals surface area contributed by atoms with E-state index in [9.17, 15) is 10.1 Å². The number of benzene rings is 1. The summed E-state index contributed by atoms with van der Waals surface area (Å²) in [6.45, 7) is 0.866. The first-order valence-corrected chi connectivity index (χ1v) is 7.49. The molecule has 0 saturated carbocycles. The van der Waals surface area contributed by atoms with Crippen LogP contribution in [-0.4, -0.2) is 30.1 Å². The Hall–Kier alpha value is -1.43. The summed E-state index contributed by atoms with van der Waals surface area (Å²) in [5.41, 5.74) is 0.810. The highest BCUT2D eigenvalue weighted by atomic mass is 32.2. The first-order chi connectivity index (χ1) is 9.19. The van der Waals surface area contributed by atoms with Crippen molar-refractivity contribution in [2.75, 3.05) is 30.5 Å². The van der Waals surface area contributed by atoms with E-state index in [0.29, 0.717) is 11.7 Å². The number of nitrogens with one attached hydrogen (secondary N) is 1. The summed E-state index contributed by atoms with van der Waals surface area (Å²) < 4.78 is 5.09. The van der Waals surface area contributed by atoms with Crippen LogP contribution in [0.4, 0.5) is 11.4 Å². The van der Waals surface area contributed by atoms with Crippen LogP contribution in [0.25, 0.3) is 0 Å². The molecular formula is C13H18N2O3S. The molecule has 1 fully saturated rings. The highest BCUT2D eigenvalue weighted by Crippen LogP contribution is 2.27. The minimum Gasteiger partial charge on any atom is -0.496 e. The van der Waals surface area contributed by atoms with Gasteiger partial charge in [-0.05, 0) is 30.3 Å². The quantitative estimate of drug-likeness (QED) is 0.664. The molecule has 104 valence electrons. The van der Waals surface area contributed by atoms with E-state index in [-0.39, 0.29) is 5.69 Å². The number of ether oxygens (including phenoxy) is 1. The molecular weight excluding hydrogens is 264 g/mol. The van der Waals surface area contributed by atoms with Crippen molar-refractivity contribution in [1.82, 2.24) is 0 Å². The number of rotatable bonds is 5. The predicted octanol–water partition coefficient (Wildman–Crippen LogP) is 3.16. The zero-order valence-corrected chi connectivity index (χ0v) is 11.7. The van der Waals surface area contributed by atoms with Crippen molar-refractivity contribution < 1.29 is 9.66 Å². The Balaban J connectivity index is 2.02. The van der Waals surface area contributed by atoms with Crippen LogP contribution >= 0.6 is 11.8 Å². The third kappa shape index (κ3) is 4.02. The fraction of sp³-hybridized carbons (Fsp3) is 0.538. The minimum absolute atomic E-state index is 0.0565. The molecule has 0 spiro atoms. The number of non-ortho nitro benzene ring substituents is 1. The summed E-state index contributed by atoms with van der Waals surface area (Å²) >= 11 is 2.00. The molecule has 1 aromatic rings. The molecule has 1 saturated heterocycles. The Morgan fingerprint density at radius 3 is 2.79 bits per heavy atom. The summed E-state index contributed by atoms with van der Waals surface area (Å²) in [6, 6.07) is 4.78. The van der Waals surface area contributed by atoms with E-state index >= 15 is 0 Å². The first kappa shape index (κ1) is 14.0. The predicted molar refractivity (Wildman–Crippen MR) is 78.2 cm³/mol. The van der Waals surface area contributed by atoms with Crippen LogP contribution in [0.2, 0.25) is 0 Å². The average Bonchev–Trinajstić information content (AvgIpc) is 2.45. The van der Waals surface area contributed by atoms with Crippen LogP contribution in [0, 0.1) is 16.0 Å². The van der Waals surface area contributed by atoms with Gasteiger partial charge in [0.15, 0.2) is 0 Å². The standard InChI is InChI=1S/C13H18N2O3S/c1-18-13-7-11(6-12(8-13)15(16)17)14-9-10-2-4-19-5-3-10/h6-8,10,14H,2-5,9H2,1H3. The van der Waals surface area contributed by atoms with Gasteiger partial charge in [0, 0.05) is 24.4 Å². The first-order valence-electron chi connectivity index (χ1n) is 6.34. The van der Waals surface area contributed by atoms with Gasteiger partial charge in [-0.2, -0.15) is 11.8 Å². The summed E-state index contributed by atoms with van der Waals surface area (Å²) in [5, 5.41) is 14.1. The van der Waals surface area contributed by atoms with Gasteiger partial charge in [-0.1, -0.05) is 0 Å². The van der Waals surface area contributed by atoms with Crippen molar-refractivity contribution in [2.45, 2.75) is 12.8 Å². The maximum Gasteiger partial charge on any atom is 0.275 e. The van der Waals surface area contributed by atoms with Gasteiger partial charge in [-0.15, -0.1) is 0 Å². The monoisotopic (exact) mass is 282 g/mol. The molecule has 2 rings (SSSR count). The van der Waals surface area contributed by atoms with E-state index in [4.69, 9.17) is 4.74 Å². The van der Waals surface area contributed by atoms with Gasteiger partial charge in [0.1, 0.15) is 5.75 Å². The van der Waals surface area contributed by atoms with Gasteiger partial charge < -0.3 is 10.1 Å². The van der Waals surface area contributed by atoms with Crippen LogP contribution in [0.3, 0.4) is 0 Å². The fourth-order valence-corrected chi connectivity index (χ4v) is 3.33. The molecule has 19 heavy (non-hydrogen) atoms. The third-order valence-corrected chi connectivity index (χ3v) is 4.32. The van der Waals surface area contributed by atoms with Gasteiger partial charge in [-0.25, -0.2) is 0 Å². The normalized spacial score (nSPS) is 16.1. The molecule has 0 atom stereocenters. The summed E-state index contributed by atoms with van der Waals surface area (Å²) in [7, 11) is 1.52. The number of thioether (sulfide) groups is 1. The van der Waals surface area contributed by atoms with Crippen molar-refractivity contribution in [3.8, 4) is 5.75 Å². The number of methoxy groups -OCH3 is 1. The van der Waals surface area contributed by atoms with Crippen LogP contribution < -0.4 is 10.1 Å². The van der Waals surface area contributed by atoms with Gasteiger partial charge >= 0.3 is 0 Å². The highest BCUT2D eigenvalue weighted by Gasteiger charge is 2.15. The molecule has 6 heteroatoms. The molecule has 0 aliphatic carbocycles. The molecule has 0 unspecified atom stereocenters. The van der Waals surface area contributed by atoms with E-state index in [0.717, 1.165) is 12.2 Å². The summed E-state index contributed by atoms with van der Waals surface area (Å²) in [4.78, 5) is 10.4. The minimum atomic E-state index is -0.398. The zero-order chi connectivity index (χ0) is 13.7. The van der Waals surface area contributed by atoms with E-state index in [1.165, 1.54) is 37.5 Å². The van der Waals surface area contributed by atoms with Crippen LogP contribution in [0.15, 0.2) is 18.2 Å². The number of nitro benzene ring substituents is 1. The molecule has 1 heterocycles. The number of nitrogens with zero attached hydrogens (tertiary/aromatic N) is 1. The van der Waals surface area contributed by atoms with Crippen molar-refractivity contribution in [3.05, 3.63) is 28.3 Å². The zero-order valence-electron chi connectivity index (χ0n) is 10.9.